The normalized spacial score (nSPS) is 14.8. The number of allylic oxidation sites excluding steroid dienone is 1. The Morgan fingerprint density at radius 1 is 1.11 bits per heavy atom. The van der Waals surface area contributed by atoms with Gasteiger partial charge in [-0.05, 0) is 61.4 Å². The second-order valence-electron chi connectivity index (χ2n) is 8.52. The molecule has 5 rings (SSSR count). The first-order valence-electron chi connectivity index (χ1n) is 11.3. The third-order valence-corrected chi connectivity index (χ3v) is 6.98. The van der Waals surface area contributed by atoms with Gasteiger partial charge in [-0.25, -0.2) is 9.07 Å². The molecule has 182 valence electrons. The molecule has 2 heterocycles. The van der Waals surface area contributed by atoms with E-state index in [-0.39, 0.29) is 11.7 Å². The number of hydrogen-bond acceptors (Lipinski definition) is 5. The van der Waals surface area contributed by atoms with Gasteiger partial charge in [-0.2, -0.15) is 4.98 Å². The second-order valence-corrected chi connectivity index (χ2v) is 9.90. The van der Waals surface area contributed by atoms with Gasteiger partial charge in [0.15, 0.2) is 0 Å². The molecule has 1 atom stereocenters. The van der Waals surface area contributed by atoms with Crippen LogP contribution in [0.5, 0.6) is 0 Å². The minimum Gasteiger partial charge on any atom is -0.328 e. The largest absolute Gasteiger partial charge is 0.328 e. The number of anilines is 2. The number of aryl methyl sites for hydroxylation is 1. The average molecular weight is 520 g/mol. The fraction of sp³-hybridized carbons (Fsp3) is 0.148. The molecule has 0 spiro atoms. The standard InChI is InChI=1S/C27H23ClFN5OS/c1-16-4-3-5-18(14-16)15-36-27-32-26-30-17(2)23(25(35)31-22-12-8-20(28)9-13-22)24(34(26)33-27)19-6-10-21(29)11-7-19/h3-14,24H,15H2,1-2H3,(H,31,35)(H,30,32,33)/t24-/m1/s1. The molecule has 1 aromatic heterocycles. The number of carbonyl (C=O) groups excluding carboxylic acids is 1. The number of fused-ring (bicyclic) bond motifs is 1. The number of nitrogens with zero attached hydrogens (tertiary/aromatic N) is 3. The van der Waals surface area contributed by atoms with Gasteiger partial charge in [-0.3, -0.25) is 4.79 Å². The summed E-state index contributed by atoms with van der Waals surface area (Å²) in [5.41, 5.74) is 4.81. The van der Waals surface area contributed by atoms with Gasteiger partial charge in [0.2, 0.25) is 11.1 Å². The summed E-state index contributed by atoms with van der Waals surface area (Å²) in [6.45, 7) is 3.88. The fourth-order valence-electron chi connectivity index (χ4n) is 4.12. The molecule has 0 radical (unpaired) electrons. The predicted octanol–water partition coefficient (Wildman–Crippen LogP) is 6.60. The molecule has 3 aromatic carbocycles. The number of rotatable bonds is 6. The summed E-state index contributed by atoms with van der Waals surface area (Å²) in [5.74, 6) is 0.583. The van der Waals surface area contributed by atoms with Crippen molar-refractivity contribution in [3.8, 4) is 0 Å². The lowest BCUT2D eigenvalue weighted by atomic mass is 9.95. The molecule has 9 heteroatoms. The number of thioether (sulfide) groups is 1. The maximum absolute atomic E-state index is 13.7. The molecular formula is C27H23ClFN5OS. The van der Waals surface area contributed by atoms with Crippen molar-refractivity contribution in [1.29, 1.82) is 0 Å². The van der Waals surface area contributed by atoms with Crippen LogP contribution < -0.4 is 10.6 Å². The summed E-state index contributed by atoms with van der Waals surface area (Å²) in [6.07, 6.45) is 0. The van der Waals surface area contributed by atoms with Crippen molar-refractivity contribution in [2.45, 2.75) is 30.8 Å². The van der Waals surface area contributed by atoms with E-state index in [0.29, 0.717) is 38.8 Å². The van der Waals surface area contributed by atoms with Gasteiger partial charge >= 0.3 is 0 Å². The van der Waals surface area contributed by atoms with E-state index in [1.165, 1.54) is 35.0 Å². The first kappa shape index (κ1) is 24.1. The molecule has 0 unspecified atom stereocenters. The van der Waals surface area contributed by atoms with Crippen LogP contribution in [0.3, 0.4) is 0 Å². The SMILES string of the molecule is CC1=C(C(=O)Nc2ccc(Cl)cc2)[C@@H](c2ccc(F)cc2)n2nc(SCc3cccc(C)c3)nc2N1. The molecule has 1 amide bonds. The average Bonchev–Trinajstić information content (AvgIpc) is 3.26. The summed E-state index contributed by atoms with van der Waals surface area (Å²) >= 11 is 7.50. The van der Waals surface area contributed by atoms with Crippen molar-refractivity contribution in [2.24, 2.45) is 0 Å². The van der Waals surface area contributed by atoms with E-state index in [1.807, 2.05) is 13.0 Å². The Kier molecular flexibility index (Phi) is 6.80. The van der Waals surface area contributed by atoms with E-state index in [9.17, 15) is 9.18 Å². The maximum atomic E-state index is 13.7. The molecule has 36 heavy (non-hydrogen) atoms. The zero-order chi connectivity index (χ0) is 25.2. The van der Waals surface area contributed by atoms with Crippen molar-refractivity contribution in [2.75, 3.05) is 10.6 Å². The van der Waals surface area contributed by atoms with Crippen LogP contribution in [-0.2, 0) is 10.5 Å². The first-order chi connectivity index (χ1) is 17.4. The molecule has 0 aliphatic carbocycles. The van der Waals surface area contributed by atoms with Crippen LogP contribution in [0.25, 0.3) is 0 Å². The van der Waals surface area contributed by atoms with E-state index in [2.05, 4.69) is 40.7 Å². The van der Waals surface area contributed by atoms with Gasteiger partial charge in [0.1, 0.15) is 11.9 Å². The third kappa shape index (κ3) is 5.15. The molecule has 1 aliphatic rings. The van der Waals surface area contributed by atoms with Crippen LogP contribution in [-0.4, -0.2) is 20.7 Å². The Balaban J connectivity index is 1.48. The fourth-order valence-corrected chi connectivity index (χ4v) is 5.02. The monoisotopic (exact) mass is 519 g/mol. The molecular weight excluding hydrogens is 497 g/mol. The van der Waals surface area contributed by atoms with Gasteiger partial charge in [-0.15, -0.1) is 5.10 Å². The number of hydrogen-bond donors (Lipinski definition) is 2. The summed E-state index contributed by atoms with van der Waals surface area (Å²) in [5, 5.41) is 12.1. The lowest BCUT2D eigenvalue weighted by molar-refractivity contribution is -0.113. The van der Waals surface area contributed by atoms with Gasteiger partial charge in [-0.1, -0.05) is 65.3 Å². The highest BCUT2D eigenvalue weighted by Crippen LogP contribution is 2.37. The molecule has 0 saturated carbocycles. The third-order valence-electron chi connectivity index (χ3n) is 5.82. The molecule has 2 N–H and O–H groups in total. The minimum absolute atomic E-state index is 0.299. The summed E-state index contributed by atoms with van der Waals surface area (Å²) in [7, 11) is 0. The Morgan fingerprint density at radius 3 is 2.58 bits per heavy atom. The zero-order valence-electron chi connectivity index (χ0n) is 19.6. The second kappa shape index (κ2) is 10.2. The molecule has 0 fully saturated rings. The van der Waals surface area contributed by atoms with Gasteiger partial charge < -0.3 is 10.6 Å². The maximum Gasteiger partial charge on any atom is 0.255 e. The van der Waals surface area contributed by atoms with Crippen molar-refractivity contribution in [1.82, 2.24) is 14.8 Å². The molecule has 1 aliphatic heterocycles. The van der Waals surface area contributed by atoms with Gasteiger partial charge in [0.05, 0.1) is 5.57 Å². The van der Waals surface area contributed by atoms with Crippen molar-refractivity contribution < 1.29 is 9.18 Å². The Hall–Kier alpha value is -3.62. The van der Waals surface area contributed by atoms with Crippen molar-refractivity contribution in [3.05, 3.63) is 112 Å². The van der Waals surface area contributed by atoms with Crippen molar-refractivity contribution >= 4 is 40.9 Å². The van der Waals surface area contributed by atoms with Crippen LogP contribution in [0.15, 0.2) is 89.2 Å². The summed E-state index contributed by atoms with van der Waals surface area (Å²) in [6, 6.07) is 20.7. The predicted molar refractivity (Wildman–Crippen MR) is 142 cm³/mol. The van der Waals surface area contributed by atoms with E-state index < -0.39 is 6.04 Å². The van der Waals surface area contributed by atoms with Crippen LogP contribution in [0.2, 0.25) is 5.02 Å². The highest BCUT2D eigenvalue weighted by atomic mass is 35.5. The molecule has 4 aromatic rings. The molecule has 0 saturated heterocycles. The number of halogens is 2. The number of amides is 1. The topological polar surface area (TPSA) is 71.8 Å². The Bertz CT molecular complexity index is 1450. The van der Waals surface area contributed by atoms with Crippen LogP contribution in [0.4, 0.5) is 16.0 Å². The van der Waals surface area contributed by atoms with Gasteiger partial charge in [0, 0.05) is 22.2 Å². The minimum atomic E-state index is -0.588. The van der Waals surface area contributed by atoms with E-state index >= 15 is 0 Å². The van der Waals surface area contributed by atoms with E-state index in [1.54, 1.807) is 41.1 Å². The zero-order valence-corrected chi connectivity index (χ0v) is 21.2. The number of carbonyl (C=O) groups is 1. The lowest BCUT2D eigenvalue weighted by Gasteiger charge is -2.28. The first-order valence-corrected chi connectivity index (χ1v) is 12.7. The van der Waals surface area contributed by atoms with Gasteiger partial charge in [0.25, 0.3) is 5.91 Å². The van der Waals surface area contributed by atoms with Crippen LogP contribution in [0, 0.1) is 12.7 Å². The summed E-state index contributed by atoms with van der Waals surface area (Å²) < 4.78 is 15.4. The molecule has 0 bridgehead atoms. The van der Waals surface area contributed by atoms with E-state index in [4.69, 9.17) is 16.7 Å². The van der Waals surface area contributed by atoms with Crippen LogP contribution >= 0.6 is 23.4 Å². The van der Waals surface area contributed by atoms with Crippen LogP contribution in [0.1, 0.15) is 29.7 Å². The molecule has 6 nitrogen and oxygen atoms in total. The van der Waals surface area contributed by atoms with Crippen molar-refractivity contribution in [3.63, 3.8) is 0 Å². The quantitative estimate of drug-likeness (QED) is 0.281. The Labute approximate surface area is 217 Å². The van der Waals surface area contributed by atoms with E-state index in [0.717, 1.165) is 5.56 Å². The highest BCUT2D eigenvalue weighted by molar-refractivity contribution is 7.98. The number of aromatic nitrogens is 3. The smallest absolute Gasteiger partial charge is 0.255 e. The summed E-state index contributed by atoms with van der Waals surface area (Å²) in [4.78, 5) is 18.2. The Morgan fingerprint density at radius 2 is 1.86 bits per heavy atom. The number of benzene rings is 3. The number of nitrogens with one attached hydrogen (secondary N) is 2. The lowest BCUT2D eigenvalue weighted by Crippen LogP contribution is -2.31. The highest BCUT2D eigenvalue weighted by Gasteiger charge is 2.34.